The Morgan fingerprint density at radius 2 is 2.16 bits per heavy atom. The van der Waals surface area contributed by atoms with Gasteiger partial charge in [-0.05, 0) is 13.8 Å². The predicted octanol–water partition coefficient (Wildman–Crippen LogP) is 0.581. The number of hydrogen-bond acceptors (Lipinski definition) is 6. The predicted molar refractivity (Wildman–Crippen MR) is 75.6 cm³/mol. The van der Waals surface area contributed by atoms with E-state index in [0.29, 0.717) is 5.88 Å². The van der Waals surface area contributed by atoms with Gasteiger partial charge in [-0.2, -0.15) is 4.98 Å². The number of aromatic nitrogens is 2. The fourth-order valence-corrected chi connectivity index (χ4v) is 2.01. The van der Waals surface area contributed by atoms with E-state index >= 15 is 0 Å². The smallest absolute Gasteiger partial charge is 0.234 e. The number of nitrogens with zero attached hydrogens (tertiary/aromatic N) is 3. The molecule has 0 radical (unpaired) electrons. The van der Waals surface area contributed by atoms with Crippen LogP contribution < -0.4 is 15.4 Å². The molecule has 1 saturated heterocycles. The van der Waals surface area contributed by atoms with Crippen LogP contribution in [0.1, 0.15) is 13.8 Å². The second-order valence-electron chi connectivity index (χ2n) is 4.93. The zero-order chi connectivity index (χ0) is 13.5. The molecule has 6 nitrogen and oxygen atoms in total. The third-order valence-electron chi connectivity index (χ3n) is 2.91. The van der Waals surface area contributed by atoms with Crippen LogP contribution in [0.2, 0.25) is 0 Å². The van der Waals surface area contributed by atoms with Crippen molar-refractivity contribution in [1.29, 1.82) is 0 Å². The van der Waals surface area contributed by atoms with Crippen LogP contribution in [0.15, 0.2) is 12.4 Å². The molecule has 19 heavy (non-hydrogen) atoms. The first-order valence-electron chi connectivity index (χ1n) is 6.89. The summed E-state index contributed by atoms with van der Waals surface area (Å²) in [7, 11) is 0. The molecular formula is C13H23N5O. The molecule has 0 spiro atoms. The molecule has 1 fully saturated rings. The van der Waals surface area contributed by atoms with Gasteiger partial charge in [0, 0.05) is 39.3 Å². The Bertz CT molecular complexity index is 379. The molecule has 1 aliphatic rings. The second kappa shape index (κ2) is 7.25. The fraction of sp³-hybridized carbons (Fsp3) is 0.692. The van der Waals surface area contributed by atoms with Gasteiger partial charge in [0.15, 0.2) is 0 Å². The van der Waals surface area contributed by atoms with Crippen molar-refractivity contribution >= 4 is 5.82 Å². The van der Waals surface area contributed by atoms with E-state index in [0.717, 1.165) is 45.1 Å². The maximum Gasteiger partial charge on any atom is 0.234 e. The minimum Gasteiger partial charge on any atom is -0.474 e. The molecule has 0 amide bonds. The molecule has 1 aliphatic heterocycles. The first-order valence-corrected chi connectivity index (χ1v) is 6.89. The molecular weight excluding hydrogens is 242 g/mol. The number of ether oxygens (including phenoxy) is 1. The molecule has 1 aromatic heterocycles. The second-order valence-corrected chi connectivity index (χ2v) is 4.93. The van der Waals surface area contributed by atoms with Crippen molar-refractivity contribution < 1.29 is 4.74 Å². The minimum absolute atomic E-state index is 0.116. The normalized spacial score (nSPS) is 16.6. The lowest BCUT2D eigenvalue weighted by Gasteiger charge is -2.27. The molecule has 0 aliphatic carbocycles. The summed E-state index contributed by atoms with van der Waals surface area (Å²) < 4.78 is 5.52. The monoisotopic (exact) mass is 265 g/mol. The van der Waals surface area contributed by atoms with Gasteiger partial charge in [0.2, 0.25) is 5.88 Å². The number of anilines is 1. The summed E-state index contributed by atoms with van der Waals surface area (Å²) in [6, 6.07) is 0. The average molecular weight is 265 g/mol. The number of piperazine rings is 1. The van der Waals surface area contributed by atoms with Crippen molar-refractivity contribution in [2.24, 2.45) is 0 Å². The third-order valence-corrected chi connectivity index (χ3v) is 2.91. The number of nitrogens with one attached hydrogen (secondary N) is 2. The summed E-state index contributed by atoms with van der Waals surface area (Å²) in [5.74, 6) is 1.34. The van der Waals surface area contributed by atoms with Crippen LogP contribution in [-0.4, -0.2) is 60.2 Å². The lowest BCUT2D eigenvalue weighted by molar-refractivity contribution is 0.232. The SMILES string of the molecule is CC(C)Oc1cncc(NCCN2CCNCC2)n1. The maximum absolute atomic E-state index is 5.52. The highest BCUT2D eigenvalue weighted by molar-refractivity contribution is 5.33. The highest BCUT2D eigenvalue weighted by atomic mass is 16.5. The molecule has 6 heteroatoms. The van der Waals surface area contributed by atoms with E-state index < -0.39 is 0 Å². The molecule has 106 valence electrons. The molecule has 1 aromatic rings. The Hall–Kier alpha value is -1.40. The van der Waals surface area contributed by atoms with Crippen LogP contribution in [0.4, 0.5) is 5.82 Å². The van der Waals surface area contributed by atoms with Crippen LogP contribution in [0.25, 0.3) is 0 Å². The summed E-state index contributed by atoms with van der Waals surface area (Å²) in [6.07, 6.45) is 3.48. The van der Waals surface area contributed by atoms with E-state index in [9.17, 15) is 0 Å². The zero-order valence-corrected chi connectivity index (χ0v) is 11.7. The Morgan fingerprint density at radius 3 is 2.89 bits per heavy atom. The van der Waals surface area contributed by atoms with Crippen molar-refractivity contribution in [3.05, 3.63) is 12.4 Å². The summed E-state index contributed by atoms with van der Waals surface area (Å²) >= 11 is 0. The molecule has 0 saturated carbocycles. The van der Waals surface area contributed by atoms with Gasteiger partial charge in [0.1, 0.15) is 5.82 Å². The lowest BCUT2D eigenvalue weighted by Crippen LogP contribution is -2.45. The van der Waals surface area contributed by atoms with Crippen LogP contribution in [0, 0.1) is 0 Å². The van der Waals surface area contributed by atoms with Gasteiger partial charge in [0.25, 0.3) is 0 Å². The van der Waals surface area contributed by atoms with E-state index in [2.05, 4.69) is 25.5 Å². The minimum atomic E-state index is 0.116. The number of hydrogen-bond donors (Lipinski definition) is 2. The Morgan fingerprint density at radius 1 is 1.37 bits per heavy atom. The van der Waals surface area contributed by atoms with Crippen LogP contribution in [-0.2, 0) is 0 Å². The van der Waals surface area contributed by atoms with Gasteiger partial charge in [0.05, 0.1) is 18.5 Å². The first kappa shape index (κ1) is 14.0. The highest BCUT2D eigenvalue weighted by Gasteiger charge is 2.08. The van der Waals surface area contributed by atoms with Crippen molar-refractivity contribution in [2.45, 2.75) is 20.0 Å². The molecule has 2 N–H and O–H groups in total. The molecule has 0 bridgehead atoms. The molecule has 0 atom stereocenters. The quantitative estimate of drug-likeness (QED) is 0.784. The van der Waals surface area contributed by atoms with E-state index in [1.807, 2.05) is 13.8 Å². The van der Waals surface area contributed by atoms with Crippen molar-refractivity contribution in [1.82, 2.24) is 20.2 Å². The average Bonchev–Trinajstić information content (AvgIpc) is 2.40. The standard InChI is InChI=1S/C13H23N5O/c1-11(2)19-13-10-15-9-12(17-13)16-5-8-18-6-3-14-4-7-18/h9-11,14H,3-8H2,1-2H3,(H,16,17). The Balaban J connectivity index is 1.75. The zero-order valence-electron chi connectivity index (χ0n) is 11.7. The maximum atomic E-state index is 5.52. The van der Waals surface area contributed by atoms with Crippen molar-refractivity contribution in [3.63, 3.8) is 0 Å². The van der Waals surface area contributed by atoms with Gasteiger partial charge in [-0.1, -0.05) is 0 Å². The Kier molecular flexibility index (Phi) is 5.35. The van der Waals surface area contributed by atoms with Gasteiger partial charge >= 0.3 is 0 Å². The molecule has 2 rings (SSSR count). The van der Waals surface area contributed by atoms with E-state index in [1.165, 1.54) is 0 Å². The van der Waals surface area contributed by atoms with Crippen LogP contribution in [0.3, 0.4) is 0 Å². The van der Waals surface area contributed by atoms with Crippen LogP contribution >= 0.6 is 0 Å². The molecule has 0 unspecified atom stereocenters. The lowest BCUT2D eigenvalue weighted by atomic mass is 10.3. The Labute approximate surface area is 114 Å². The van der Waals surface area contributed by atoms with Gasteiger partial charge in [-0.25, -0.2) is 0 Å². The molecule has 0 aromatic carbocycles. The summed E-state index contributed by atoms with van der Waals surface area (Å²) in [5, 5.41) is 6.64. The van der Waals surface area contributed by atoms with Crippen molar-refractivity contribution in [2.75, 3.05) is 44.6 Å². The van der Waals surface area contributed by atoms with E-state index in [-0.39, 0.29) is 6.10 Å². The first-order chi connectivity index (χ1) is 9.24. The van der Waals surface area contributed by atoms with Gasteiger partial charge in [-0.15, -0.1) is 0 Å². The fourth-order valence-electron chi connectivity index (χ4n) is 2.01. The van der Waals surface area contributed by atoms with Gasteiger partial charge < -0.3 is 15.4 Å². The van der Waals surface area contributed by atoms with E-state index in [4.69, 9.17) is 4.74 Å². The summed E-state index contributed by atoms with van der Waals surface area (Å²) in [6.45, 7) is 10.2. The van der Waals surface area contributed by atoms with Crippen molar-refractivity contribution in [3.8, 4) is 5.88 Å². The third kappa shape index (κ3) is 5.00. The van der Waals surface area contributed by atoms with Gasteiger partial charge in [-0.3, -0.25) is 9.88 Å². The summed E-state index contributed by atoms with van der Waals surface area (Å²) in [5.41, 5.74) is 0. The largest absolute Gasteiger partial charge is 0.474 e. The van der Waals surface area contributed by atoms with E-state index in [1.54, 1.807) is 12.4 Å². The number of rotatable bonds is 6. The molecule has 2 heterocycles. The summed E-state index contributed by atoms with van der Waals surface area (Å²) in [4.78, 5) is 10.9. The highest BCUT2D eigenvalue weighted by Crippen LogP contribution is 2.10. The van der Waals surface area contributed by atoms with Crippen LogP contribution in [0.5, 0.6) is 5.88 Å². The topological polar surface area (TPSA) is 62.3 Å².